The molecule has 1 aliphatic heterocycles. The van der Waals surface area contributed by atoms with E-state index in [1.165, 1.54) is 44.5 Å². The second-order valence-electron chi connectivity index (χ2n) is 4.14. The smallest absolute Gasteiger partial charge is 0.106 e. The van der Waals surface area contributed by atoms with Gasteiger partial charge in [0, 0.05) is 6.54 Å². The van der Waals surface area contributed by atoms with Crippen LogP contribution >= 0.6 is 15.9 Å². The standard InChI is InChI=1S/C12H17BrN2/c13-12-7-5-6-11(14-12)10-15-8-3-1-2-4-9-15/h5-7H,1-4,8-10H2. The summed E-state index contributed by atoms with van der Waals surface area (Å²) in [6.07, 6.45) is 5.47. The number of halogens is 1. The number of pyridine rings is 1. The van der Waals surface area contributed by atoms with Gasteiger partial charge in [-0.05, 0) is 54.0 Å². The fourth-order valence-corrected chi connectivity index (χ4v) is 2.44. The average molecular weight is 269 g/mol. The van der Waals surface area contributed by atoms with E-state index in [2.05, 4.69) is 37.9 Å². The molecule has 15 heavy (non-hydrogen) atoms. The van der Waals surface area contributed by atoms with Gasteiger partial charge in [-0.25, -0.2) is 4.98 Å². The second-order valence-corrected chi connectivity index (χ2v) is 4.95. The molecule has 0 unspecified atom stereocenters. The van der Waals surface area contributed by atoms with Gasteiger partial charge in [0.15, 0.2) is 0 Å². The molecule has 0 amide bonds. The first-order valence-electron chi connectivity index (χ1n) is 5.68. The second kappa shape index (κ2) is 5.61. The normalized spacial score (nSPS) is 18.7. The van der Waals surface area contributed by atoms with Crippen LogP contribution in [0.4, 0.5) is 0 Å². The minimum atomic E-state index is 0.940. The van der Waals surface area contributed by atoms with E-state index in [-0.39, 0.29) is 0 Å². The molecule has 1 fully saturated rings. The highest BCUT2D eigenvalue weighted by Gasteiger charge is 2.09. The van der Waals surface area contributed by atoms with E-state index in [0.29, 0.717) is 0 Å². The van der Waals surface area contributed by atoms with Crippen LogP contribution in [0.5, 0.6) is 0 Å². The Balaban J connectivity index is 1.95. The van der Waals surface area contributed by atoms with Crippen LogP contribution < -0.4 is 0 Å². The SMILES string of the molecule is Brc1cccc(CN2CCCCCC2)n1. The number of nitrogens with zero attached hydrogens (tertiary/aromatic N) is 2. The van der Waals surface area contributed by atoms with Gasteiger partial charge < -0.3 is 0 Å². The van der Waals surface area contributed by atoms with E-state index in [1.54, 1.807) is 0 Å². The van der Waals surface area contributed by atoms with Crippen molar-refractivity contribution < 1.29 is 0 Å². The van der Waals surface area contributed by atoms with E-state index in [9.17, 15) is 0 Å². The zero-order chi connectivity index (χ0) is 10.5. The monoisotopic (exact) mass is 268 g/mol. The maximum absolute atomic E-state index is 4.47. The molecule has 0 bridgehead atoms. The Hall–Kier alpha value is -0.410. The highest BCUT2D eigenvalue weighted by atomic mass is 79.9. The third-order valence-electron chi connectivity index (χ3n) is 2.86. The van der Waals surface area contributed by atoms with Gasteiger partial charge in [-0.1, -0.05) is 18.9 Å². The van der Waals surface area contributed by atoms with Crippen LogP contribution in [0.2, 0.25) is 0 Å². The lowest BCUT2D eigenvalue weighted by Crippen LogP contribution is -2.24. The quantitative estimate of drug-likeness (QED) is 0.766. The van der Waals surface area contributed by atoms with Gasteiger partial charge in [0.25, 0.3) is 0 Å². The number of likely N-dealkylation sites (tertiary alicyclic amines) is 1. The molecule has 3 heteroatoms. The van der Waals surface area contributed by atoms with E-state index < -0.39 is 0 Å². The summed E-state index contributed by atoms with van der Waals surface area (Å²) in [6, 6.07) is 6.14. The molecular weight excluding hydrogens is 252 g/mol. The van der Waals surface area contributed by atoms with Gasteiger partial charge in [0.1, 0.15) is 4.60 Å². The molecule has 0 saturated carbocycles. The van der Waals surface area contributed by atoms with E-state index in [4.69, 9.17) is 0 Å². The Labute approximate surface area is 99.8 Å². The molecule has 2 rings (SSSR count). The van der Waals surface area contributed by atoms with Crippen LogP contribution in [-0.2, 0) is 6.54 Å². The Kier molecular flexibility index (Phi) is 4.15. The first-order chi connectivity index (χ1) is 7.34. The number of hydrogen-bond donors (Lipinski definition) is 0. The van der Waals surface area contributed by atoms with Gasteiger partial charge in [-0.2, -0.15) is 0 Å². The van der Waals surface area contributed by atoms with Gasteiger partial charge in [-0.3, -0.25) is 4.90 Å². The predicted molar refractivity (Wildman–Crippen MR) is 65.7 cm³/mol. The molecule has 0 atom stereocenters. The Morgan fingerprint density at radius 1 is 1.13 bits per heavy atom. The van der Waals surface area contributed by atoms with E-state index in [1.807, 2.05) is 6.07 Å². The minimum Gasteiger partial charge on any atom is -0.298 e. The number of hydrogen-bond acceptors (Lipinski definition) is 2. The lowest BCUT2D eigenvalue weighted by Gasteiger charge is -2.18. The van der Waals surface area contributed by atoms with Crippen molar-refractivity contribution in [3.63, 3.8) is 0 Å². The first-order valence-corrected chi connectivity index (χ1v) is 6.48. The molecule has 82 valence electrons. The first kappa shape index (κ1) is 11.1. The summed E-state index contributed by atoms with van der Waals surface area (Å²) in [7, 11) is 0. The maximum atomic E-state index is 4.47. The molecule has 0 N–H and O–H groups in total. The summed E-state index contributed by atoms with van der Waals surface area (Å²) in [6.45, 7) is 3.46. The summed E-state index contributed by atoms with van der Waals surface area (Å²) in [5.41, 5.74) is 1.17. The maximum Gasteiger partial charge on any atom is 0.106 e. The van der Waals surface area contributed by atoms with Crippen LogP contribution in [0.15, 0.2) is 22.8 Å². The van der Waals surface area contributed by atoms with Crippen LogP contribution in [0, 0.1) is 0 Å². The van der Waals surface area contributed by atoms with Crippen molar-refractivity contribution in [2.75, 3.05) is 13.1 Å². The lowest BCUT2D eigenvalue weighted by atomic mass is 10.2. The molecule has 0 radical (unpaired) electrons. The largest absolute Gasteiger partial charge is 0.298 e. The zero-order valence-corrected chi connectivity index (χ0v) is 10.5. The topological polar surface area (TPSA) is 16.1 Å². The van der Waals surface area contributed by atoms with Crippen LogP contribution in [0.1, 0.15) is 31.4 Å². The van der Waals surface area contributed by atoms with Gasteiger partial charge in [0.05, 0.1) is 5.69 Å². The average Bonchev–Trinajstić information content (AvgIpc) is 2.46. The third kappa shape index (κ3) is 3.58. The summed E-state index contributed by atoms with van der Waals surface area (Å²) in [5.74, 6) is 0. The van der Waals surface area contributed by atoms with Crippen molar-refractivity contribution in [2.24, 2.45) is 0 Å². The van der Waals surface area contributed by atoms with Crippen molar-refractivity contribution in [1.29, 1.82) is 0 Å². The van der Waals surface area contributed by atoms with Gasteiger partial charge in [0.2, 0.25) is 0 Å². The van der Waals surface area contributed by atoms with Crippen molar-refractivity contribution in [1.82, 2.24) is 9.88 Å². The minimum absolute atomic E-state index is 0.940. The molecule has 2 nitrogen and oxygen atoms in total. The predicted octanol–water partition coefficient (Wildman–Crippen LogP) is 3.22. The third-order valence-corrected chi connectivity index (χ3v) is 3.30. The molecule has 0 aromatic carbocycles. The fraction of sp³-hybridized carbons (Fsp3) is 0.583. The van der Waals surface area contributed by atoms with Crippen LogP contribution in [0.25, 0.3) is 0 Å². The zero-order valence-electron chi connectivity index (χ0n) is 8.95. The molecule has 1 aliphatic rings. The summed E-state index contributed by atoms with van der Waals surface area (Å²) >= 11 is 3.41. The van der Waals surface area contributed by atoms with Crippen molar-refractivity contribution in [2.45, 2.75) is 32.2 Å². The summed E-state index contributed by atoms with van der Waals surface area (Å²) < 4.78 is 0.940. The van der Waals surface area contributed by atoms with Crippen LogP contribution in [0.3, 0.4) is 0 Å². The van der Waals surface area contributed by atoms with Crippen molar-refractivity contribution >= 4 is 15.9 Å². The highest BCUT2D eigenvalue weighted by molar-refractivity contribution is 9.10. The number of aromatic nitrogens is 1. The van der Waals surface area contributed by atoms with Gasteiger partial charge >= 0.3 is 0 Å². The van der Waals surface area contributed by atoms with Crippen LogP contribution in [-0.4, -0.2) is 23.0 Å². The van der Waals surface area contributed by atoms with E-state index >= 15 is 0 Å². The molecule has 1 aromatic rings. The lowest BCUT2D eigenvalue weighted by molar-refractivity contribution is 0.273. The van der Waals surface area contributed by atoms with Crippen molar-refractivity contribution in [3.8, 4) is 0 Å². The van der Waals surface area contributed by atoms with Gasteiger partial charge in [-0.15, -0.1) is 0 Å². The Bertz CT molecular complexity index is 306. The molecule has 0 spiro atoms. The van der Waals surface area contributed by atoms with E-state index in [0.717, 1.165) is 11.1 Å². The molecule has 1 saturated heterocycles. The van der Waals surface area contributed by atoms with Crippen molar-refractivity contribution in [3.05, 3.63) is 28.5 Å². The molecule has 0 aliphatic carbocycles. The highest BCUT2D eigenvalue weighted by Crippen LogP contribution is 2.13. The molecule has 2 heterocycles. The Morgan fingerprint density at radius 3 is 2.53 bits per heavy atom. The Morgan fingerprint density at radius 2 is 1.87 bits per heavy atom. The molecular formula is C12H17BrN2. The molecule has 1 aromatic heterocycles. The summed E-state index contributed by atoms with van der Waals surface area (Å²) in [4.78, 5) is 6.99. The fourth-order valence-electron chi connectivity index (χ4n) is 2.06. The summed E-state index contributed by atoms with van der Waals surface area (Å²) in [5, 5.41) is 0. The number of rotatable bonds is 2.